The Bertz CT molecular complexity index is 507. The van der Waals surface area contributed by atoms with Gasteiger partial charge in [0.25, 0.3) is 0 Å². The predicted octanol–water partition coefficient (Wildman–Crippen LogP) is 4.12. The molecule has 3 nitrogen and oxygen atoms in total. The molecule has 1 N–H and O–H groups in total. The highest BCUT2D eigenvalue weighted by atomic mass is 35.5. The zero-order chi connectivity index (χ0) is 13.0. The third kappa shape index (κ3) is 3.05. The molecule has 1 atom stereocenters. The van der Waals surface area contributed by atoms with Crippen molar-refractivity contribution in [1.82, 2.24) is 9.55 Å². The van der Waals surface area contributed by atoms with Crippen molar-refractivity contribution in [2.45, 2.75) is 32.9 Å². The minimum Gasteiger partial charge on any atom is -0.349 e. The number of benzene rings is 1. The predicted molar refractivity (Wildman–Crippen MR) is 76.0 cm³/mol. The molecule has 0 aliphatic carbocycles. The SMILES string of the molecule is CCCn1ccnc1NC(C)c1cccc(Cl)c1. The van der Waals surface area contributed by atoms with Crippen molar-refractivity contribution >= 4 is 17.5 Å². The summed E-state index contributed by atoms with van der Waals surface area (Å²) in [6, 6.07) is 8.08. The molecular weight excluding hydrogens is 246 g/mol. The van der Waals surface area contributed by atoms with Crippen LogP contribution in [0.4, 0.5) is 5.95 Å². The minimum atomic E-state index is 0.182. The first kappa shape index (κ1) is 13.0. The summed E-state index contributed by atoms with van der Waals surface area (Å²) in [7, 11) is 0. The summed E-state index contributed by atoms with van der Waals surface area (Å²) in [5.41, 5.74) is 1.16. The van der Waals surface area contributed by atoms with E-state index < -0.39 is 0 Å². The quantitative estimate of drug-likeness (QED) is 0.879. The summed E-state index contributed by atoms with van der Waals surface area (Å²) >= 11 is 6.00. The van der Waals surface area contributed by atoms with Gasteiger partial charge in [-0.25, -0.2) is 4.98 Å². The molecular formula is C14H18ClN3. The first-order chi connectivity index (χ1) is 8.70. The lowest BCUT2D eigenvalue weighted by molar-refractivity contribution is 0.674. The van der Waals surface area contributed by atoms with E-state index in [0.29, 0.717) is 0 Å². The summed E-state index contributed by atoms with van der Waals surface area (Å²) < 4.78 is 2.13. The van der Waals surface area contributed by atoms with Crippen LogP contribution in [-0.2, 0) is 6.54 Å². The zero-order valence-electron chi connectivity index (χ0n) is 10.7. The fourth-order valence-electron chi connectivity index (χ4n) is 1.92. The van der Waals surface area contributed by atoms with E-state index >= 15 is 0 Å². The summed E-state index contributed by atoms with van der Waals surface area (Å²) in [5.74, 6) is 0.907. The van der Waals surface area contributed by atoms with Gasteiger partial charge in [0, 0.05) is 24.0 Å². The Morgan fingerprint density at radius 3 is 3.00 bits per heavy atom. The lowest BCUT2D eigenvalue weighted by atomic mass is 10.1. The maximum absolute atomic E-state index is 6.00. The highest BCUT2D eigenvalue weighted by Crippen LogP contribution is 2.21. The fourth-order valence-corrected chi connectivity index (χ4v) is 2.12. The Morgan fingerprint density at radius 1 is 1.44 bits per heavy atom. The number of aryl methyl sites for hydroxylation is 1. The molecule has 0 bridgehead atoms. The maximum Gasteiger partial charge on any atom is 0.203 e. The molecule has 18 heavy (non-hydrogen) atoms. The van der Waals surface area contributed by atoms with Crippen LogP contribution in [0.25, 0.3) is 0 Å². The van der Waals surface area contributed by atoms with Gasteiger partial charge in [-0.05, 0) is 31.0 Å². The Hall–Kier alpha value is -1.48. The number of anilines is 1. The van der Waals surface area contributed by atoms with Crippen LogP contribution in [0.15, 0.2) is 36.7 Å². The molecule has 1 unspecified atom stereocenters. The average Bonchev–Trinajstić information content (AvgIpc) is 2.77. The third-order valence-electron chi connectivity index (χ3n) is 2.87. The van der Waals surface area contributed by atoms with Gasteiger partial charge in [0.05, 0.1) is 6.04 Å². The van der Waals surface area contributed by atoms with Crippen molar-refractivity contribution in [1.29, 1.82) is 0 Å². The molecule has 0 aliphatic rings. The number of nitrogens with zero attached hydrogens (tertiary/aromatic N) is 2. The molecule has 0 amide bonds. The number of imidazole rings is 1. The molecule has 1 heterocycles. The van der Waals surface area contributed by atoms with Crippen molar-refractivity contribution < 1.29 is 0 Å². The second kappa shape index (κ2) is 5.91. The van der Waals surface area contributed by atoms with Gasteiger partial charge in [-0.1, -0.05) is 30.7 Å². The van der Waals surface area contributed by atoms with E-state index in [0.717, 1.165) is 29.5 Å². The Morgan fingerprint density at radius 2 is 2.28 bits per heavy atom. The van der Waals surface area contributed by atoms with Gasteiger partial charge in [-0.3, -0.25) is 0 Å². The van der Waals surface area contributed by atoms with Gasteiger partial charge in [-0.15, -0.1) is 0 Å². The lowest BCUT2D eigenvalue weighted by Crippen LogP contribution is -2.11. The number of aromatic nitrogens is 2. The lowest BCUT2D eigenvalue weighted by Gasteiger charge is -2.16. The molecule has 1 aromatic heterocycles. The van der Waals surface area contributed by atoms with E-state index in [2.05, 4.69) is 34.8 Å². The van der Waals surface area contributed by atoms with E-state index in [-0.39, 0.29) is 6.04 Å². The molecule has 0 aliphatic heterocycles. The molecule has 0 saturated heterocycles. The number of halogens is 1. The van der Waals surface area contributed by atoms with Gasteiger partial charge >= 0.3 is 0 Å². The summed E-state index contributed by atoms with van der Waals surface area (Å²) in [5, 5.41) is 4.17. The number of nitrogens with one attached hydrogen (secondary N) is 1. The summed E-state index contributed by atoms with van der Waals surface area (Å²) in [6.07, 6.45) is 4.91. The van der Waals surface area contributed by atoms with Crippen LogP contribution < -0.4 is 5.32 Å². The monoisotopic (exact) mass is 263 g/mol. The normalized spacial score (nSPS) is 12.4. The molecule has 1 aromatic carbocycles. The van der Waals surface area contributed by atoms with Crippen molar-refractivity contribution in [3.8, 4) is 0 Å². The van der Waals surface area contributed by atoms with Crippen LogP contribution in [0.5, 0.6) is 0 Å². The number of rotatable bonds is 5. The molecule has 0 fully saturated rings. The first-order valence-electron chi connectivity index (χ1n) is 6.24. The number of hydrogen-bond donors (Lipinski definition) is 1. The first-order valence-corrected chi connectivity index (χ1v) is 6.61. The molecule has 2 rings (SSSR count). The van der Waals surface area contributed by atoms with Crippen LogP contribution in [-0.4, -0.2) is 9.55 Å². The van der Waals surface area contributed by atoms with E-state index in [1.165, 1.54) is 0 Å². The topological polar surface area (TPSA) is 29.9 Å². The Kier molecular flexibility index (Phi) is 4.26. The van der Waals surface area contributed by atoms with Crippen molar-refractivity contribution in [3.05, 3.63) is 47.2 Å². The Labute approximate surface area is 113 Å². The van der Waals surface area contributed by atoms with Gasteiger partial charge in [0.15, 0.2) is 0 Å². The Balaban J connectivity index is 2.11. The van der Waals surface area contributed by atoms with Crippen LogP contribution >= 0.6 is 11.6 Å². The molecule has 2 aromatic rings. The third-order valence-corrected chi connectivity index (χ3v) is 3.11. The molecule has 0 spiro atoms. The minimum absolute atomic E-state index is 0.182. The van der Waals surface area contributed by atoms with Gasteiger partial charge in [-0.2, -0.15) is 0 Å². The van der Waals surface area contributed by atoms with Crippen molar-refractivity contribution in [2.75, 3.05) is 5.32 Å². The smallest absolute Gasteiger partial charge is 0.203 e. The standard InChI is InChI=1S/C14H18ClN3/c1-3-8-18-9-7-16-14(18)17-11(2)12-5-4-6-13(15)10-12/h4-7,9-11H,3,8H2,1-2H3,(H,16,17). The van der Waals surface area contributed by atoms with Gasteiger partial charge < -0.3 is 9.88 Å². The van der Waals surface area contributed by atoms with E-state index in [4.69, 9.17) is 11.6 Å². The average molecular weight is 264 g/mol. The van der Waals surface area contributed by atoms with Crippen LogP contribution in [0.2, 0.25) is 5.02 Å². The summed E-state index contributed by atoms with van der Waals surface area (Å²) in [6.45, 7) is 5.24. The van der Waals surface area contributed by atoms with E-state index in [9.17, 15) is 0 Å². The highest BCUT2D eigenvalue weighted by Gasteiger charge is 2.09. The molecule has 4 heteroatoms. The molecule has 96 valence electrons. The summed E-state index contributed by atoms with van der Waals surface area (Å²) in [4.78, 5) is 4.34. The fraction of sp³-hybridized carbons (Fsp3) is 0.357. The van der Waals surface area contributed by atoms with E-state index in [1.807, 2.05) is 30.6 Å². The van der Waals surface area contributed by atoms with Crippen LogP contribution in [0.3, 0.4) is 0 Å². The van der Waals surface area contributed by atoms with Crippen LogP contribution in [0.1, 0.15) is 31.9 Å². The van der Waals surface area contributed by atoms with Gasteiger partial charge in [0.1, 0.15) is 0 Å². The largest absolute Gasteiger partial charge is 0.349 e. The van der Waals surface area contributed by atoms with Crippen LogP contribution in [0, 0.1) is 0 Å². The zero-order valence-corrected chi connectivity index (χ0v) is 11.5. The van der Waals surface area contributed by atoms with Crippen molar-refractivity contribution in [3.63, 3.8) is 0 Å². The second-order valence-electron chi connectivity index (χ2n) is 4.37. The maximum atomic E-state index is 6.00. The molecule has 0 saturated carbocycles. The van der Waals surface area contributed by atoms with E-state index in [1.54, 1.807) is 0 Å². The van der Waals surface area contributed by atoms with Gasteiger partial charge in [0.2, 0.25) is 5.95 Å². The number of hydrogen-bond acceptors (Lipinski definition) is 2. The highest BCUT2D eigenvalue weighted by molar-refractivity contribution is 6.30. The van der Waals surface area contributed by atoms with Crippen molar-refractivity contribution in [2.24, 2.45) is 0 Å². The molecule has 0 radical (unpaired) electrons. The second-order valence-corrected chi connectivity index (χ2v) is 4.80.